The molecule has 3 N–H and O–H groups in total. The van der Waals surface area contributed by atoms with Crippen molar-refractivity contribution in [2.45, 2.75) is 19.3 Å². The maximum Gasteiger partial charge on any atom is 0.254 e. The predicted molar refractivity (Wildman–Crippen MR) is 75.4 cm³/mol. The largest absolute Gasteiger partial charge is 0.399 e. The number of carbonyl (C=O) groups is 1. The van der Waals surface area contributed by atoms with Crippen LogP contribution in [0.4, 0.5) is 10.1 Å². The number of rotatable bonds is 7. The fraction of sp³-hybridized carbons (Fsp3) is 0.462. The van der Waals surface area contributed by atoms with Gasteiger partial charge in [-0.15, -0.1) is 0 Å². The van der Waals surface area contributed by atoms with Crippen LogP contribution in [-0.4, -0.2) is 24.5 Å². The molecule has 0 aliphatic rings. The Hall–Kier alpha value is -1.23. The molecule has 5 heteroatoms. The van der Waals surface area contributed by atoms with Gasteiger partial charge < -0.3 is 11.1 Å². The van der Waals surface area contributed by atoms with Gasteiger partial charge in [0.15, 0.2) is 0 Å². The molecule has 0 radical (unpaired) electrons. The van der Waals surface area contributed by atoms with Gasteiger partial charge in [0.25, 0.3) is 5.91 Å². The van der Waals surface area contributed by atoms with Crippen molar-refractivity contribution in [3.8, 4) is 0 Å². The Kier molecular flexibility index (Phi) is 6.57. The third kappa shape index (κ3) is 4.96. The molecular formula is C13H19FN2OS. The SMILES string of the molecule is CSCCCCCNC(=O)c1cc(N)ccc1F. The van der Waals surface area contributed by atoms with Gasteiger partial charge in [-0.3, -0.25) is 4.79 Å². The molecule has 1 amide bonds. The first-order valence-corrected chi connectivity index (χ1v) is 7.36. The van der Waals surface area contributed by atoms with Crippen molar-refractivity contribution in [2.24, 2.45) is 0 Å². The normalized spacial score (nSPS) is 10.3. The number of nitrogens with two attached hydrogens (primary N) is 1. The van der Waals surface area contributed by atoms with Crippen LogP contribution in [0.5, 0.6) is 0 Å². The van der Waals surface area contributed by atoms with Crippen LogP contribution in [0.3, 0.4) is 0 Å². The monoisotopic (exact) mass is 270 g/mol. The van der Waals surface area contributed by atoms with Gasteiger partial charge in [0, 0.05) is 12.2 Å². The maximum absolute atomic E-state index is 13.4. The van der Waals surface area contributed by atoms with Crippen molar-refractivity contribution in [2.75, 3.05) is 24.3 Å². The topological polar surface area (TPSA) is 55.1 Å². The molecule has 0 saturated carbocycles. The molecule has 1 aromatic carbocycles. The van der Waals surface area contributed by atoms with Crippen molar-refractivity contribution in [1.29, 1.82) is 0 Å². The zero-order chi connectivity index (χ0) is 13.4. The molecule has 0 fully saturated rings. The van der Waals surface area contributed by atoms with E-state index in [0.29, 0.717) is 12.2 Å². The Labute approximate surface area is 111 Å². The first kappa shape index (κ1) is 14.8. The van der Waals surface area contributed by atoms with E-state index in [-0.39, 0.29) is 5.56 Å². The molecule has 0 aliphatic heterocycles. The molecule has 0 unspecified atom stereocenters. The lowest BCUT2D eigenvalue weighted by Gasteiger charge is -2.06. The van der Waals surface area contributed by atoms with Crippen LogP contribution in [0.25, 0.3) is 0 Å². The number of hydrogen-bond donors (Lipinski definition) is 2. The summed E-state index contributed by atoms with van der Waals surface area (Å²) in [5.41, 5.74) is 5.93. The molecular weight excluding hydrogens is 251 g/mol. The summed E-state index contributed by atoms with van der Waals surface area (Å²) >= 11 is 1.82. The maximum atomic E-state index is 13.4. The summed E-state index contributed by atoms with van der Waals surface area (Å²) in [4.78, 5) is 11.7. The van der Waals surface area contributed by atoms with Crippen LogP contribution < -0.4 is 11.1 Å². The van der Waals surface area contributed by atoms with Gasteiger partial charge in [0.2, 0.25) is 0 Å². The minimum atomic E-state index is -0.538. The fourth-order valence-corrected chi connectivity index (χ4v) is 2.06. The molecule has 3 nitrogen and oxygen atoms in total. The number of carbonyl (C=O) groups excluding carboxylic acids is 1. The smallest absolute Gasteiger partial charge is 0.254 e. The fourth-order valence-electron chi connectivity index (χ4n) is 1.56. The minimum Gasteiger partial charge on any atom is -0.399 e. The summed E-state index contributed by atoms with van der Waals surface area (Å²) in [5.74, 6) is 0.200. The molecule has 0 spiro atoms. The molecule has 1 rings (SSSR count). The summed E-state index contributed by atoms with van der Waals surface area (Å²) in [6, 6.07) is 4.01. The number of nitrogen functional groups attached to an aromatic ring is 1. The van der Waals surface area contributed by atoms with Gasteiger partial charge in [-0.1, -0.05) is 6.42 Å². The number of thioether (sulfide) groups is 1. The number of unbranched alkanes of at least 4 members (excludes halogenated alkanes) is 2. The second-order valence-electron chi connectivity index (χ2n) is 4.05. The van der Waals surface area contributed by atoms with E-state index in [1.165, 1.54) is 18.2 Å². The van der Waals surface area contributed by atoms with Gasteiger partial charge in [0.05, 0.1) is 5.56 Å². The highest BCUT2D eigenvalue weighted by Gasteiger charge is 2.10. The third-order valence-corrected chi connectivity index (χ3v) is 3.24. The van der Waals surface area contributed by atoms with E-state index < -0.39 is 11.7 Å². The second-order valence-corrected chi connectivity index (χ2v) is 5.03. The molecule has 0 bridgehead atoms. The standard InChI is InChI=1S/C13H19FN2OS/c1-18-8-4-2-3-7-16-13(17)11-9-10(15)5-6-12(11)14/h5-6,9H,2-4,7-8,15H2,1H3,(H,16,17). The number of benzene rings is 1. The summed E-state index contributed by atoms with van der Waals surface area (Å²) in [6.07, 6.45) is 5.20. The molecule has 0 aromatic heterocycles. The van der Waals surface area contributed by atoms with Crippen LogP contribution >= 0.6 is 11.8 Å². The average Bonchev–Trinajstić information content (AvgIpc) is 2.36. The summed E-state index contributed by atoms with van der Waals surface area (Å²) in [7, 11) is 0. The Morgan fingerprint density at radius 1 is 1.39 bits per heavy atom. The van der Waals surface area contributed by atoms with E-state index in [9.17, 15) is 9.18 Å². The lowest BCUT2D eigenvalue weighted by atomic mass is 10.1. The summed E-state index contributed by atoms with van der Waals surface area (Å²) in [5, 5.41) is 2.70. The summed E-state index contributed by atoms with van der Waals surface area (Å²) in [6.45, 7) is 0.571. The van der Waals surface area contributed by atoms with Crippen molar-refractivity contribution < 1.29 is 9.18 Å². The van der Waals surface area contributed by atoms with Gasteiger partial charge in [-0.2, -0.15) is 11.8 Å². The average molecular weight is 270 g/mol. The van der Waals surface area contributed by atoms with Crippen LogP contribution in [-0.2, 0) is 0 Å². The molecule has 1 aromatic rings. The number of hydrogen-bond acceptors (Lipinski definition) is 3. The van der Waals surface area contributed by atoms with E-state index in [4.69, 9.17) is 5.73 Å². The number of amides is 1. The van der Waals surface area contributed by atoms with Crippen molar-refractivity contribution in [3.05, 3.63) is 29.6 Å². The Bertz CT molecular complexity index is 399. The van der Waals surface area contributed by atoms with Crippen LogP contribution in [0.15, 0.2) is 18.2 Å². The zero-order valence-electron chi connectivity index (χ0n) is 10.5. The van der Waals surface area contributed by atoms with Crippen molar-refractivity contribution in [1.82, 2.24) is 5.32 Å². The minimum absolute atomic E-state index is 0.0131. The highest BCUT2D eigenvalue weighted by Crippen LogP contribution is 2.11. The van der Waals surface area contributed by atoms with Gasteiger partial charge in [-0.05, 0) is 43.0 Å². The zero-order valence-corrected chi connectivity index (χ0v) is 11.4. The van der Waals surface area contributed by atoms with Crippen LogP contribution in [0, 0.1) is 5.82 Å². The molecule has 0 aliphatic carbocycles. The highest BCUT2D eigenvalue weighted by atomic mass is 32.2. The van der Waals surface area contributed by atoms with Crippen LogP contribution in [0.2, 0.25) is 0 Å². The molecule has 0 saturated heterocycles. The lowest BCUT2D eigenvalue weighted by Crippen LogP contribution is -2.25. The molecule has 100 valence electrons. The third-order valence-electron chi connectivity index (χ3n) is 2.55. The Morgan fingerprint density at radius 2 is 2.17 bits per heavy atom. The van der Waals surface area contributed by atoms with E-state index in [1.807, 2.05) is 11.8 Å². The Morgan fingerprint density at radius 3 is 2.89 bits per heavy atom. The second kappa shape index (κ2) is 7.97. The number of nitrogens with one attached hydrogen (secondary N) is 1. The summed E-state index contributed by atoms with van der Waals surface area (Å²) < 4.78 is 13.4. The first-order chi connectivity index (χ1) is 8.65. The Balaban J connectivity index is 2.34. The number of halogens is 1. The molecule has 18 heavy (non-hydrogen) atoms. The lowest BCUT2D eigenvalue weighted by molar-refractivity contribution is 0.0949. The number of anilines is 1. The molecule has 0 heterocycles. The van der Waals surface area contributed by atoms with Gasteiger partial charge >= 0.3 is 0 Å². The van der Waals surface area contributed by atoms with Gasteiger partial charge in [-0.25, -0.2) is 4.39 Å². The van der Waals surface area contributed by atoms with E-state index in [1.54, 1.807) is 0 Å². The van der Waals surface area contributed by atoms with E-state index in [2.05, 4.69) is 11.6 Å². The predicted octanol–water partition coefficient (Wildman–Crippen LogP) is 2.67. The van der Waals surface area contributed by atoms with E-state index >= 15 is 0 Å². The molecule has 0 atom stereocenters. The highest BCUT2D eigenvalue weighted by molar-refractivity contribution is 7.98. The van der Waals surface area contributed by atoms with Crippen LogP contribution in [0.1, 0.15) is 29.6 Å². The van der Waals surface area contributed by atoms with E-state index in [0.717, 1.165) is 25.0 Å². The van der Waals surface area contributed by atoms with Crippen molar-refractivity contribution in [3.63, 3.8) is 0 Å². The quantitative estimate of drug-likeness (QED) is 0.591. The van der Waals surface area contributed by atoms with Crippen molar-refractivity contribution >= 4 is 23.4 Å². The van der Waals surface area contributed by atoms with Gasteiger partial charge in [0.1, 0.15) is 5.82 Å². The first-order valence-electron chi connectivity index (χ1n) is 5.97.